The molecule has 1 aromatic carbocycles. The van der Waals surface area contributed by atoms with Gasteiger partial charge < -0.3 is 9.63 Å². The van der Waals surface area contributed by atoms with E-state index < -0.39 is 8.69 Å². The van der Waals surface area contributed by atoms with Gasteiger partial charge in [0, 0.05) is 0 Å². The SMILES string of the molecule is O=[PH2]OC(CC=CO)c1ccccc1. The van der Waals surface area contributed by atoms with E-state index in [-0.39, 0.29) is 6.10 Å². The molecule has 1 aromatic rings. The van der Waals surface area contributed by atoms with E-state index in [0.717, 1.165) is 11.8 Å². The number of benzene rings is 1. The normalized spacial score (nSPS) is 14.0. The van der Waals surface area contributed by atoms with Crippen LogP contribution >= 0.6 is 8.69 Å². The molecule has 76 valence electrons. The van der Waals surface area contributed by atoms with Crippen molar-refractivity contribution in [3.05, 3.63) is 48.2 Å². The second-order valence-electron chi connectivity index (χ2n) is 2.75. The minimum Gasteiger partial charge on any atom is -0.516 e. The van der Waals surface area contributed by atoms with E-state index in [0.29, 0.717) is 6.42 Å². The highest BCUT2D eigenvalue weighted by Gasteiger charge is 2.08. The summed E-state index contributed by atoms with van der Waals surface area (Å²) >= 11 is 0. The summed E-state index contributed by atoms with van der Waals surface area (Å²) in [6.45, 7) is 0. The van der Waals surface area contributed by atoms with Gasteiger partial charge in [-0.25, -0.2) is 0 Å². The molecule has 0 aliphatic carbocycles. The van der Waals surface area contributed by atoms with Crippen LogP contribution in [0, 0.1) is 0 Å². The molecule has 1 rings (SSSR count). The minimum absolute atomic E-state index is 0.230. The van der Waals surface area contributed by atoms with Crippen LogP contribution in [-0.4, -0.2) is 5.11 Å². The molecular weight excluding hydrogens is 199 g/mol. The van der Waals surface area contributed by atoms with Gasteiger partial charge in [0.2, 0.25) is 0 Å². The number of aliphatic hydroxyl groups is 1. The summed E-state index contributed by atoms with van der Waals surface area (Å²) < 4.78 is 15.5. The molecule has 0 saturated carbocycles. The van der Waals surface area contributed by atoms with Gasteiger partial charge in [0.25, 0.3) is 0 Å². The Morgan fingerprint density at radius 1 is 1.43 bits per heavy atom. The van der Waals surface area contributed by atoms with E-state index in [4.69, 9.17) is 9.63 Å². The maximum atomic E-state index is 10.5. The van der Waals surface area contributed by atoms with Crippen LogP contribution in [0.4, 0.5) is 0 Å². The van der Waals surface area contributed by atoms with Gasteiger partial charge in [-0.15, -0.1) is 0 Å². The molecule has 3 nitrogen and oxygen atoms in total. The predicted octanol–water partition coefficient (Wildman–Crippen LogP) is 2.88. The van der Waals surface area contributed by atoms with E-state index >= 15 is 0 Å². The molecule has 0 fully saturated rings. The van der Waals surface area contributed by atoms with Gasteiger partial charge >= 0.3 is 0 Å². The van der Waals surface area contributed by atoms with E-state index in [1.807, 2.05) is 30.3 Å². The first kappa shape index (κ1) is 11.0. The molecule has 0 bridgehead atoms. The highest BCUT2D eigenvalue weighted by Crippen LogP contribution is 2.25. The second-order valence-corrected chi connectivity index (χ2v) is 3.22. The Morgan fingerprint density at radius 3 is 2.71 bits per heavy atom. The van der Waals surface area contributed by atoms with Crippen LogP contribution in [0.5, 0.6) is 0 Å². The molecular formula is C10H13O3P. The lowest BCUT2D eigenvalue weighted by molar-refractivity contribution is 0.231. The van der Waals surface area contributed by atoms with Gasteiger partial charge in [-0.1, -0.05) is 30.3 Å². The zero-order chi connectivity index (χ0) is 10.2. The Hall–Kier alpha value is -1.05. The van der Waals surface area contributed by atoms with Crippen molar-refractivity contribution < 1.29 is 14.2 Å². The molecule has 2 unspecified atom stereocenters. The van der Waals surface area contributed by atoms with Crippen molar-refractivity contribution in [2.75, 3.05) is 0 Å². The summed E-state index contributed by atoms with van der Waals surface area (Å²) in [6, 6.07) is 9.52. The number of hydrogen-bond acceptors (Lipinski definition) is 3. The average molecular weight is 212 g/mol. The first-order valence-corrected chi connectivity index (χ1v) is 5.26. The van der Waals surface area contributed by atoms with Gasteiger partial charge in [0.15, 0.2) is 8.69 Å². The Bertz CT molecular complexity index is 297. The van der Waals surface area contributed by atoms with Gasteiger partial charge in [0.05, 0.1) is 12.4 Å². The van der Waals surface area contributed by atoms with Crippen LogP contribution in [0.3, 0.4) is 0 Å². The average Bonchev–Trinajstić information content (AvgIpc) is 2.25. The quantitative estimate of drug-likeness (QED) is 0.603. The number of hydrogen-bond donors (Lipinski definition) is 1. The molecule has 0 radical (unpaired) electrons. The van der Waals surface area contributed by atoms with Gasteiger partial charge in [-0.2, -0.15) is 0 Å². The smallest absolute Gasteiger partial charge is 0.180 e. The summed E-state index contributed by atoms with van der Waals surface area (Å²) in [5.41, 5.74) is 0.967. The molecule has 0 aliphatic rings. The number of rotatable bonds is 5. The maximum Gasteiger partial charge on any atom is 0.180 e. The van der Waals surface area contributed by atoms with Gasteiger partial charge in [-0.05, 0) is 18.1 Å². The lowest BCUT2D eigenvalue weighted by Gasteiger charge is -2.12. The van der Waals surface area contributed by atoms with E-state index in [9.17, 15) is 4.57 Å². The topological polar surface area (TPSA) is 46.5 Å². The molecule has 0 spiro atoms. The van der Waals surface area contributed by atoms with Crippen LogP contribution in [0.25, 0.3) is 0 Å². The Kier molecular flexibility index (Phi) is 5.05. The monoisotopic (exact) mass is 212 g/mol. The highest BCUT2D eigenvalue weighted by molar-refractivity contribution is 7.17. The van der Waals surface area contributed by atoms with Crippen LogP contribution < -0.4 is 0 Å². The van der Waals surface area contributed by atoms with Crippen LogP contribution in [-0.2, 0) is 9.09 Å². The Labute approximate surface area is 84.3 Å². The van der Waals surface area contributed by atoms with Gasteiger partial charge in [0.1, 0.15) is 0 Å². The van der Waals surface area contributed by atoms with Gasteiger partial charge in [-0.3, -0.25) is 4.57 Å². The van der Waals surface area contributed by atoms with Crippen LogP contribution in [0.1, 0.15) is 18.1 Å². The van der Waals surface area contributed by atoms with Crippen molar-refractivity contribution in [1.82, 2.24) is 0 Å². The van der Waals surface area contributed by atoms with Crippen molar-refractivity contribution in [3.63, 3.8) is 0 Å². The minimum atomic E-state index is -1.23. The molecule has 0 aliphatic heterocycles. The molecule has 4 heteroatoms. The summed E-state index contributed by atoms with van der Waals surface area (Å²) in [5.74, 6) is 0. The standard InChI is InChI=1S/C10H13O3P/c11-8-4-7-10(13-14-12)9-5-2-1-3-6-9/h1-6,8,10-11H,7,14H2. The molecule has 2 atom stereocenters. The van der Waals surface area contributed by atoms with E-state index in [1.165, 1.54) is 0 Å². The summed E-state index contributed by atoms with van der Waals surface area (Å²) in [7, 11) is -1.23. The fourth-order valence-electron chi connectivity index (χ4n) is 1.19. The van der Waals surface area contributed by atoms with Crippen molar-refractivity contribution in [1.29, 1.82) is 0 Å². The van der Waals surface area contributed by atoms with Crippen LogP contribution in [0.15, 0.2) is 42.7 Å². The molecule has 14 heavy (non-hydrogen) atoms. The molecule has 0 amide bonds. The lowest BCUT2D eigenvalue weighted by atomic mass is 10.1. The zero-order valence-electron chi connectivity index (χ0n) is 7.67. The van der Waals surface area contributed by atoms with Crippen molar-refractivity contribution in [2.24, 2.45) is 0 Å². The van der Waals surface area contributed by atoms with Crippen molar-refractivity contribution in [3.8, 4) is 0 Å². The largest absolute Gasteiger partial charge is 0.516 e. The Balaban J connectivity index is 2.71. The first-order chi connectivity index (χ1) is 6.88. The van der Waals surface area contributed by atoms with E-state index in [2.05, 4.69) is 0 Å². The third-order valence-corrected chi connectivity index (χ3v) is 2.29. The fourth-order valence-corrected chi connectivity index (χ4v) is 1.59. The van der Waals surface area contributed by atoms with Crippen LogP contribution in [0.2, 0.25) is 0 Å². The predicted molar refractivity (Wildman–Crippen MR) is 57.1 cm³/mol. The van der Waals surface area contributed by atoms with E-state index in [1.54, 1.807) is 6.08 Å². The second kappa shape index (κ2) is 6.41. The highest BCUT2D eigenvalue weighted by atomic mass is 31.1. The molecule has 1 N–H and O–H groups in total. The molecule has 0 heterocycles. The first-order valence-electron chi connectivity index (χ1n) is 4.31. The molecule has 0 aromatic heterocycles. The maximum absolute atomic E-state index is 10.5. The fraction of sp³-hybridized carbons (Fsp3) is 0.200. The third-order valence-electron chi connectivity index (χ3n) is 1.85. The molecule has 0 saturated heterocycles. The summed E-state index contributed by atoms with van der Waals surface area (Å²) in [5, 5.41) is 8.52. The van der Waals surface area contributed by atoms with Crippen molar-refractivity contribution in [2.45, 2.75) is 12.5 Å². The third kappa shape index (κ3) is 3.36. The summed E-state index contributed by atoms with van der Waals surface area (Å²) in [6.07, 6.45) is 2.84. The Morgan fingerprint density at radius 2 is 2.14 bits per heavy atom. The number of aliphatic hydroxyl groups excluding tert-OH is 1. The van der Waals surface area contributed by atoms with Crippen molar-refractivity contribution >= 4 is 8.69 Å². The summed E-state index contributed by atoms with van der Waals surface area (Å²) in [4.78, 5) is 0. The lowest BCUT2D eigenvalue weighted by Crippen LogP contribution is -1.96. The zero-order valence-corrected chi connectivity index (χ0v) is 8.82.